The highest BCUT2D eigenvalue weighted by molar-refractivity contribution is 6.64. The van der Waals surface area contributed by atoms with E-state index < -0.39 is 28.0 Å². The average Bonchev–Trinajstić information content (AvgIpc) is 0.868. The van der Waals surface area contributed by atoms with E-state index in [0.29, 0.717) is 52.1 Å². The van der Waals surface area contributed by atoms with Gasteiger partial charge in [0.25, 0.3) is 0 Å². The Labute approximate surface area is 785 Å². The molecule has 2 heterocycles. The number of allylic oxidation sites excluding steroid dienone is 8. The molecule has 0 bridgehead atoms. The molecule has 0 amide bonds. The first-order valence-corrected chi connectivity index (χ1v) is 60.4. The Morgan fingerprint density at radius 2 is 0.492 bits per heavy atom. The average molecular weight is 1810 g/mol. The number of rotatable bonds is 94. The van der Waals surface area contributed by atoms with Gasteiger partial charge >= 0.3 is 29.1 Å². The van der Waals surface area contributed by atoms with Crippen LogP contribution < -0.4 is 0 Å². The maximum Gasteiger partial charge on any atom is 0.333 e. The summed E-state index contributed by atoms with van der Waals surface area (Å²) in [5.41, 5.74) is -1.19. The topological polar surface area (TPSA) is 133 Å². The predicted octanol–water partition coefficient (Wildman–Crippen LogP) is 32.8. The van der Waals surface area contributed by atoms with E-state index in [0.717, 1.165) is 117 Å². The molecule has 0 aromatic rings. The standard InChI is InChI=1S/2C55H107NO6Si/c2*1-7-9-11-13-15-17-19-21-23-25-27-29-31-33-36-40-48-59-53(62-63(5,6)61-50-42-38-35-39-45-56-46-51-58-52-47-56)43-44-55(3,4)54(57)60-49-41-37-34-32-30-28-26-24-22-20-18-16-14-12-10-8-2/h2*21-24,53H,7-20,25-52H2,1-6H3/b2*23-21-,24-22-. The van der Waals surface area contributed by atoms with E-state index >= 15 is 0 Å². The number of hydrogen-bond donors (Lipinski definition) is 0. The van der Waals surface area contributed by atoms with Crippen LogP contribution in [0.25, 0.3) is 0 Å². The van der Waals surface area contributed by atoms with Crippen LogP contribution in [0.3, 0.4) is 0 Å². The summed E-state index contributed by atoms with van der Waals surface area (Å²) in [6, 6.07) is 0. The molecule has 14 nitrogen and oxygen atoms in total. The van der Waals surface area contributed by atoms with E-state index in [-0.39, 0.29) is 24.5 Å². The number of carbonyl (C=O) groups excluding carboxylic acids is 2. The lowest BCUT2D eigenvalue weighted by Crippen LogP contribution is -2.41. The van der Waals surface area contributed by atoms with Crippen LogP contribution in [0.2, 0.25) is 26.2 Å². The summed E-state index contributed by atoms with van der Waals surface area (Å²) in [6.45, 7) is 39.7. The van der Waals surface area contributed by atoms with Crippen LogP contribution in [0, 0.1) is 10.8 Å². The molecular weight excluding hydrogens is 1600 g/mol. The number of hydrogen-bond acceptors (Lipinski definition) is 14. The van der Waals surface area contributed by atoms with Crippen LogP contribution in [-0.4, -0.2) is 157 Å². The molecule has 2 rings (SSSR count). The highest BCUT2D eigenvalue weighted by atomic mass is 28.4. The maximum atomic E-state index is 13.3. The highest BCUT2D eigenvalue weighted by Crippen LogP contribution is 2.31. The molecule has 0 aromatic carbocycles. The molecule has 0 N–H and O–H groups in total. The monoisotopic (exact) mass is 1810 g/mol. The van der Waals surface area contributed by atoms with Gasteiger partial charge in [0.2, 0.25) is 0 Å². The minimum absolute atomic E-state index is 0.108. The van der Waals surface area contributed by atoms with Gasteiger partial charge in [-0.3, -0.25) is 19.4 Å². The summed E-state index contributed by atoms with van der Waals surface area (Å²) in [5, 5.41) is 0. The van der Waals surface area contributed by atoms with E-state index in [1.807, 2.05) is 27.7 Å². The van der Waals surface area contributed by atoms with Gasteiger partial charge in [-0.25, -0.2) is 0 Å². The zero-order valence-corrected chi connectivity index (χ0v) is 88.0. The summed E-state index contributed by atoms with van der Waals surface area (Å²) in [4.78, 5) is 31.5. The second-order valence-corrected chi connectivity index (χ2v) is 46.6. The molecule has 2 saturated heterocycles. The fraction of sp³-hybridized carbons (Fsp3) is 0.909. The Kier molecular flexibility index (Phi) is 87.8. The lowest BCUT2D eigenvalue weighted by molar-refractivity contribution is -0.157. The van der Waals surface area contributed by atoms with Crippen LogP contribution in [0.4, 0.5) is 0 Å². The second-order valence-electron chi connectivity index (χ2n) is 39.9. The summed E-state index contributed by atoms with van der Waals surface area (Å²) in [7, 11) is -4.85. The van der Waals surface area contributed by atoms with Crippen molar-refractivity contribution in [2.24, 2.45) is 10.8 Å². The minimum atomic E-state index is -2.43. The Bertz CT molecular complexity index is 2250. The van der Waals surface area contributed by atoms with E-state index in [2.05, 4.69) is 112 Å². The summed E-state index contributed by atoms with van der Waals surface area (Å²) < 4.78 is 61.7. The van der Waals surface area contributed by atoms with Crippen LogP contribution in [0.15, 0.2) is 48.6 Å². The Hall–Kier alpha value is -2.07. The normalized spacial score (nSPS) is 14.7. The second kappa shape index (κ2) is 90.7. The number of unbranched alkanes of at least 4 members (excludes halogenated alkanes) is 54. The Morgan fingerprint density at radius 1 is 0.286 bits per heavy atom. The van der Waals surface area contributed by atoms with Crippen molar-refractivity contribution in [3.8, 4) is 0 Å². The molecule has 2 aliphatic rings. The lowest BCUT2D eigenvalue weighted by atomic mass is 9.88. The zero-order chi connectivity index (χ0) is 91.6. The Morgan fingerprint density at radius 3 is 0.738 bits per heavy atom. The first-order valence-electron chi connectivity index (χ1n) is 54.8. The van der Waals surface area contributed by atoms with Crippen molar-refractivity contribution >= 4 is 29.1 Å². The largest absolute Gasteiger partial charge is 0.465 e. The van der Waals surface area contributed by atoms with E-state index in [4.69, 9.17) is 46.1 Å². The molecule has 744 valence electrons. The van der Waals surface area contributed by atoms with Gasteiger partial charge in [-0.15, -0.1) is 0 Å². The summed E-state index contributed by atoms with van der Waals surface area (Å²) in [6.07, 6.45) is 102. The van der Waals surface area contributed by atoms with Crippen LogP contribution >= 0.6 is 0 Å². The van der Waals surface area contributed by atoms with E-state index in [1.165, 1.54) is 373 Å². The van der Waals surface area contributed by atoms with Crippen molar-refractivity contribution in [1.82, 2.24) is 9.80 Å². The van der Waals surface area contributed by atoms with E-state index in [1.54, 1.807) is 0 Å². The van der Waals surface area contributed by atoms with Crippen molar-refractivity contribution in [3.05, 3.63) is 48.6 Å². The first kappa shape index (κ1) is 122. The first-order chi connectivity index (χ1) is 61.4. The SMILES string of the molecule is CCCCCCCC/C=C\CCCCCCCCOC(=O)C(C)(C)CCC(OCCCCCCCC/C=C\CCCCCCCC)O[Si](C)(C)OCCCCCCN1CCOCC1.CCCCCCCC/C=C\CCCCCCCCOC(=O)C(C)(C)CCC(OCCCCCCCC/C=C\CCCCCCCC)O[Si](C)(C)OCCCCCCN1CCOCC1. The summed E-state index contributed by atoms with van der Waals surface area (Å²) in [5.74, 6) is -0.215. The van der Waals surface area contributed by atoms with Crippen molar-refractivity contribution in [3.63, 3.8) is 0 Å². The molecule has 0 saturated carbocycles. The fourth-order valence-electron chi connectivity index (χ4n) is 16.6. The van der Waals surface area contributed by atoms with Gasteiger partial charge < -0.3 is 46.1 Å². The van der Waals surface area contributed by atoms with Gasteiger partial charge in [0.1, 0.15) is 12.6 Å². The van der Waals surface area contributed by atoms with Gasteiger partial charge in [-0.2, -0.15) is 0 Å². The summed E-state index contributed by atoms with van der Waals surface area (Å²) >= 11 is 0. The van der Waals surface area contributed by atoms with Gasteiger partial charge in [-0.1, -0.05) is 333 Å². The van der Waals surface area contributed by atoms with Gasteiger partial charge in [-0.05, 0) is 247 Å². The Balaban J connectivity index is 0.00000126. The minimum Gasteiger partial charge on any atom is -0.465 e. The van der Waals surface area contributed by atoms with E-state index in [9.17, 15) is 9.59 Å². The third-order valence-electron chi connectivity index (χ3n) is 25.5. The molecule has 126 heavy (non-hydrogen) atoms. The molecule has 0 spiro atoms. The smallest absolute Gasteiger partial charge is 0.333 e. The van der Waals surface area contributed by atoms with Crippen molar-refractivity contribution in [1.29, 1.82) is 0 Å². The number of carbonyl (C=O) groups is 2. The van der Waals surface area contributed by atoms with Gasteiger partial charge in [0, 0.05) is 52.6 Å². The molecule has 0 aliphatic carbocycles. The predicted molar refractivity (Wildman–Crippen MR) is 546 cm³/mol. The molecule has 2 atom stereocenters. The van der Waals surface area contributed by atoms with Gasteiger partial charge in [0.15, 0.2) is 0 Å². The molecule has 2 unspecified atom stereocenters. The zero-order valence-electron chi connectivity index (χ0n) is 86.0. The van der Waals surface area contributed by atoms with Crippen LogP contribution in [0.1, 0.15) is 492 Å². The lowest BCUT2D eigenvalue weighted by Gasteiger charge is -2.31. The number of nitrogens with zero attached hydrogens (tertiary/aromatic N) is 2. The molecule has 16 heteroatoms. The molecule has 2 aliphatic heterocycles. The maximum absolute atomic E-state index is 13.3. The van der Waals surface area contributed by atoms with Crippen molar-refractivity contribution < 1.29 is 55.7 Å². The fourth-order valence-corrected chi connectivity index (χ4v) is 19.7. The molecular formula is C110H214N2O12Si2. The third kappa shape index (κ3) is 83.7. The van der Waals surface area contributed by atoms with Crippen LogP contribution in [0.5, 0.6) is 0 Å². The highest BCUT2D eigenvalue weighted by Gasteiger charge is 2.36. The molecule has 2 fully saturated rings. The molecule has 0 radical (unpaired) electrons. The quantitative estimate of drug-likeness (QED) is 0.0188. The number of morpholine rings is 2. The van der Waals surface area contributed by atoms with Crippen molar-refractivity contribution in [2.45, 2.75) is 531 Å². The number of esters is 2. The van der Waals surface area contributed by atoms with Gasteiger partial charge in [0.05, 0.1) is 50.5 Å². The molecule has 0 aromatic heterocycles. The van der Waals surface area contributed by atoms with Crippen molar-refractivity contribution in [2.75, 3.05) is 105 Å². The number of ether oxygens (including phenoxy) is 6. The third-order valence-corrected chi connectivity index (χ3v) is 28.9. The van der Waals surface area contributed by atoms with Crippen LogP contribution in [-0.2, 0) is 55.7 Å².